The molecular formula is C10H13BrFN3O4S. The van der Waals surface area contributed by atoms with Gasteiger partial charge >= 0.3 is 0 Å². The smallest absolute Gasteiger partial charge is 0.293 e. The molecule has 0 bridgehead atoms. The zero-order valence-electron chi connectivity index (χ0n) is 10.8. The fourth-order valence-corrected chi connectivity index (χ4v) is 2.38. The lowest BCUT2D eigenvalue weighted by Crippen LogP contribution is -2.28. The van der Waals surface area contributed by atoms with Crippen LogP contribution < -0.4 is 5.32 Å². The largest absolute Gasteiger partial charge is 0.378 e. The average Bonchev–Trinajstić information content (AvgIpc) is 2.32. The molecule has 0 radical (unpaired) electrons. The van der Waals surface area contributed by atoms with Crippen LogP contribution in [0, 0.1) is 15.9 Å². The summed E-state index contributed by atoms with van der Waals surface area (Å²) in [5.74, 6) is -0.928. The molecule has 1 rings (SSSR count). The van der Waals surface area contributed by atoms with Crippen molar-refractivity contribution in [3.8, 4) is 0 Å². The van der Waals surface area contributed by atoms with Crippen molar-refractivity contribution in [2.45, 2.75) is 0 Å². The molecule has 0 heterocycles. The van der Waals surface area contributed by atoms with Crippen molar-refractivity contribution in [1.29, 1.82) is 0 Å². The molecule has 0 fully saturated rings. The van der Waals surface area contributed by atoms with Gasteiger partial charge < -0.3 is 5.32 Å². The maximum absolute atomic E-state index is 13.4. The SMILES string of the molecule is CN(C)S(=O)(=O)CCNc1cc(F)c(Br)cc1[N+](=O)[O-]. The van der Waals surface area contributed by atoms with Crippen LogP contribution in [0.3, 0.4) is 0 Å². The van der Waals surface area contributed by atoms with Crippen molar-refractivity contribution in [2.24, 2.45) is 0 Å². The van der Waals surface area contributed by atoms with E-state index >= 15 is 0 Å². The van der Waals surface area contributed by atoms with E-state index in [-0.39, 0.29) is 28.1 Å². The van der Waals surface area contributed by atoms with Gasteiger partial charge in [-0.1, -0.05) is 0 Å². The molecule has 0 saturated carbocycles. The van der Waals surface area contributed by atoms with Crippen LogP contribution in [0.5, 0.6) is 0 Å². The first kappa shape index (κ1) is 16.8. The number of hydrogen-bond acceptors (Lipinski definition) is 5. The molecule has 7 nitrogen and oxygen atoms in total. The van der Waals surface area contributed by atoms with E-state index in [2.05, 4.69) is 21.2 Å². The molecule has 1 aromatic carbocycles. The van der Waals surface area contributed by atoms with Crippen molar-refractivity contribution < 1.29 is 17.7 Å². The highest BCUT2D eigenvalue weighted by Gasteiger charge is 2.19. The highest BCUT2D eigenvalue weighted by molar-refractivity contribution is 9.10. The maximum atomic E-state index is 13.4. The van der Waals surface area contributed by atoms with Crippen molar-refractivity contribution in [3.05, 3.63) is 32.5 Å². The van der Waals surface area contributed by atoms with E-state index in [1.54, 1.807) is 0 Å². The normalized spacial score (nSPS) is 11.7. The Balaban J connectivity index is 2.88. The zero-order valence-corrected chi connectivity index (χ0v) is 13.2. The van der Waals surface area contributed by atoms with Crippen LogP contribution in [0.25, 0.3) is 0 Å². The van der Waals surface area contributed by atoms with Crippen molar-refractivity contribution in [1.82, 2.24) is 4.31 Å². The number of halogens is 2. The minimum atomic E-state index is -3.42. The second kappa shape index (κ2) is 6.46. The van der Waals surface area contributed by atoms with Gasteiger partial charge in [-0.25, -0.2) is 17.1 Å². The lowest BCUT2D eigenvalue weighted by Gasteiger charge is -2.12. The Morgan fingerprint density at radius 3 is 2.55 bits per heavy atom. The molecule has 0 spiro atoms. The Kier molecular flexibility index (Phi) is 5.42. The summed E-state index contributed by atoms with van der Waals surface area (Å²) in [6.45, 7) is -0.0670. The average molecular weight is 370 g/mol. The second-order valence-electron chi connectivity index (χ2n) is 4.07. The number of nitrogens with one attached hydrogen (secondary N) is 1. The number of anilines is 1. The monoisotopic (exact) mass is 369 g/mol. The van der Waals surface area contributed by atoms with E-state index in [0.717, 1.165) is 16.4 Å². The molecule has 1 N–H and O–H groups in total. The standard InChI is InChI=1S/C10H13BrFN3O4S/c1-14(2)20(18,19)4-3-13-9-6-8(12)7(11)5-10(9)15(16)17/h5-6,13H,3-4H2,1-2H3. The number of benzene rings is 1. The molecule has 0 saturated heterocycles. The molecule has 0 atom stereocenters. The van der Waals surface area contributed by atoms with Gasteiger partial charge in [0.15, 0.2) is 0 Å². The molecular weight excluding hydrogens is 357 g/mol. The fourth-order valence-electron chi connectivity index (χ4n) is 1.33. The third-order valence-electron chi connectivity index (χ3n) is 2.47. The van der Waals surface area contributed by atoms with Gasteiger partial charge in [-0.05, 0) is 15.9 Å². The van der Waals surface area contributed by atoms with E-state index in [9.17, 15) is 22.9 Å². The van der Waals surface area contributed by atoms with Crippen LogP contribution in [-0.2, 0) is 10.0 Å². The van der Waals surface area contributed by atoms with Crippen molar-refractivity contribution in [2.75, 3.05) is 31.7 Å². The summed E-state index contributed by atoms with van der Waals surface area (Å²) in [6, 6.07) is 1.97. The second-order valence-corrected chi connectivity index (χ2v) is 7.22. The number of nitro groups is 1. The van der Waals surface area contributed by atoms with E-state index in [4.69, 9.17) is 0 Å². The quantitative estimate of drug-likeness (QED) is 0.609. The van der Waals surface area contributed by atoms with Gasteiger partial charge in [0.05, 0.1) is 15.1 Å². The summed E-state index contributed by atoms with van der Waals surface area (Å²) in [5.41, 5.74) is -0.398. The first-order valence-corrected chi connectivity index (χ1v) is 7.83. The van der Waals surface area contributed by atoms with Crippen molar-refractivity contribution in [3.63, 3.8) is 0 Å². The maximum Gasteiger partial charge on any atom is 0.293 e. The van der Waals surface area contributed by atoms with Crippen LogP contribution in [0.4, 0.5) is 15.8 Å². The topological polar surface area (TPSA) is 92.6 Å². The molecule has 0 aromatic heterocycles. The Morgan fingerprint density at radius 2 is 2.05 bits per heavy atom. The third kappa shape index (κ3) is 4.12. The lowest BCUT2D eigenvalue weighted by atomic mass is 10.2. The molecule has 0 aliphatic rings. The summed E-state index contributed by atoms with van der Waals surface area (Å²) in [4.78, 5) is 10.2. The molecule has 112 valence electrons. The molecule has 1 aromatic rings. The number of hydrogen-bond donors (Lipinski definition) is 1. The number of nitrogens with zero attached hydrogens (tertiary/aromatic N) is 2. The Bertz CT molecular complexity index is 621. The van der Waals surface area contributed by atoms with Gasteiger partial charge in [0.25, 0.3) is 5.69 Å². The molecule has 0 aliphatic heterocycles. The lowest BCUT2D eigenvalue weighted by molar-refractivity contribution is -0.384. The number of rotatable bonds is 6. The van der Waals surface area contributed by atoms with Crippen LogP contribution in [0.2, 0.25) is 0 Å². The Morgan fingerprint density at radius 1 is 1.45 bits per heavy atom. The Hall–Kier alpha value is -1.26. The molecule has 0 amide bonds. The summed E-state index contributed by atoms with van der Waals surface area (Å²) >= 11 is 2.86. The van der Waals surface area contributed by atoms with E-state index in [0.29, 0.717) is 0 Å². The van der Waals surface area contributed by atoms with Crippen molar-refractivity contribution >= 4 is 37.3 Å². The zero-order chi connectivity index (χ0) is 15.5. The molecule has 20 heavy (non-hydrogen) atoms. The minimum absolute atomic E-state index is 0.0318. The predicted octanol–water partition coefficient (Wildman–Crippen LogP) is 1.80. The fraction of sp³-hybridized carbons (Fsp3) is 0.400. The number of sulfonamides is 1. The minimum Gasteiger partial charge on any atom is -0.378 e. The van der Waals surface area contributed by atoms with E-state index < -0.39 is 20.8 Å². The van der Waals surface area contributed by atoms with Gasteiger partial charge in [-0.2, -0.15) is 0 Å². The van der Waals surface area contributed by atoms with Crippen LogP contribution in [-0.4, -0.2) is 44.0 Å². The molecule has 0 unspecified atom stereocenters. The first-order valence-electron chi connectivity index (χ1n) is 5.42. The highest BCUT2D eigenvalue weighted by atomic mass is 79.9. The summed E-state index contributed by atoms with van der Waals surface area (Å²) in [5, 5.41) is 13.4. The van der Waals surface area contributed by atoms with Gasteiger partial charge in [0, 0.05) is 32.8 Å². The summed E-state index contributed by atoms with van der Waals surface area (Å²) in [6.07, 6.45) is 0. The van der Waals surface area contributed by atoms with Crippen LogP contribution >= 0.6 is 15.9 Å². The Labute approximate surface area is 124 Å². The first-order chi connectivity index (χ1) is 9.15. The van der Waals surface area contributed by atoms with Crippen LogP contribution in [0.15, 0.2) is 16.6 Å². The molecule has 0 aliphatic carbocycles. The van der Waals surface area contributed by atoms with E-state index in [1.807, 2.05) is 0 Å². The summed E-state index contributed by atoms with van der Waals surface area (Å²) < 4.78 is 37.5. The molecule has 10 heteroatoms. The number of nitro benzene ring substituents is 1. The highest BCUT2D eigenvalue weighted by Crippen LogP contribution is 2.30. The van der Waals surface area contributed by atoms with Gasteiger partial charge in [-0.3, -0.25) is 10.1 Å². The van der Waals surface area contributed by atoms with E-state index in [1.165, 1.54) is 14.1 Å². The van der Waals surface area contributed by atoms with Gasteiger partial charge in [0.1, 0.15) is 11.5 Å². The predicted molar refractivity (Wildman–Crippen MR) is 76.7 cm³/mol. The van der Waals surface area contributed by atoms with Gasteiger partial charge in [0.2, 0.25) is 10.0 Å². The van der Waals surface area contributed by atoms with Crippen LogP contribution in [0.1, 0.15) is 0 Å². The third-order valence-corrected chi connectivity index (χ3v) is 4.91. The summed E-state index contributed by atoms with van der Waals surface area (Å²) in [7, 11) is -0.650. The van der Waals surface area contributed by atoms with Gasteiger partial charge in [-0.15, -0.1) is 0 Å².